The van der Waals surface area contributed by atoms with E-state index in [9.17, 15) is 14.3 Å². The van der Waals surface area contributed by atoms with Gasteiger partial charge in [-0.3, -0.25) is 28.3 Å². The van der Waals surface area contributed by atoms with Crippen LogP contribution in [-0.2, 0) is 57.1 Å². The van der Waals surface area contributed by atoms with Crippen molar-refractivity contribution in [2.75, 3.05) is 13.2 Å². The summed E-state index contributed by atoms with van der Waals surface area (Å²) < 4.78 is 57.8. The number of hydrogen-bond acceptors (Lipinski definition) is 14. The molecule has 1 N–H and O–H groups in total. The standard InChI is InChI=1S/C18H19FN8O8P2S2/c19-12-10-4-32-36(29,38)31-2-1-26-11(25-9-3-20-6-21-15(9)26)5-33-37(30,39)35-14(12)18(34-10)27-8-24-13-16(27)22-7-23-17(13)28/h3,6-8,10,12-14,18H,1-2,4-5H2,(H,29,38)(H,30,39)/t10-,12-,13?,14-,18+,36?,37?/m1/s1. The van der Waals surface area contributed by atoms with Gasteiger partial charge in [0.1, 0.15) is 48.7 Å². The van der Waals surface area contributed by atoms with E-state index in [0.29, 0.717) is 11.2 Å². The molecule has 21 heteroatoms. The Morgan fingerprint density at radius 2 is 2.13 bits per heavy atom. The lowest BCUT2D eigenvalue weighted by Gasteiger charge is -2.30. The van der Waals surface area contributed by atoms with Crippen molar-refractivity contribution in [1.82, 2.24) is 24.4 Å². The highest BCUT2D eigenvalue weighted by molar-refractivity contribution is 8.44. The molecule has 39 heavy (non-hydrogen) atoms. The third kappa shape index (κ3) is 5.36. The molecule has 0 spiro atoms. The molecule has 4 aliphatic rings. The lowest BCUT2D eigenvalue weighted by molar-refractivity contribution is -0.117. The summed E-state index contributed by atoms with van der Waals surface area (Å²) in [6.45, 7) is -9.04. The minimum Gasteiger partial charge on any atom is -0.346 e. The van der Waals surface area contributed by atoms with E-state index in [1.54, 1.807) is 4.57 Å². The number of aliphatic imine (C=N–C) groups is 3. The zero-order valence-corrected chi connectivity index (χ0v) is 23.0. The summed E-state index contributed by atoms with van der Waals surface area (Å²) in [5.74, 6) is -0.192. The molecule has 0 aliphatic carbocycles. The average Bonchev–Trinajstić information content (AvgIpc) is 3.56. The van der Waals surface area contributed by atoms with Crippen molar-refractivity contribution in [3.05, 3.63) is 18.3 Å². The van der Waals surface area contributed by atoms with Gasteiger partial charge in [0, 0.05) is 6.54 Å². The summed E-state index contributed by atoms with van der Waals surface area (Å²) in [4.78, 5) is 48.6. The summed E-state index contributed by atoms with van der Waals surface area (Å²) >= 11 is 9.18. The van der Waals surface area contributed by atoms with Crippen LogP contribution in [0.5, 0.6) is 0 Å². The number of alkyl halides is 1. The molecule has 7 atom stereocenters. The van der Waals surface area contributed by atoms with Crippen LogP contribution in [0.15, 0.2) is 27.5 Å². The second kappa shape index (κ2) is 10.4. The van der Waals surface area contributed by atoms with Crippen LogP contribution in [0.4, 0.5) is 4.39 Å². The summed E-state index contributed by atoms with van der Waals surface area (Å²) in [5.41, 5.74) is 0.837. The number of imidazole rings is 1. The van der Waals surface area contributed by atoms with Crippen LogP contribution in [0.25, 0.3) is 11.2 Å². The average molecular weight is 620 g/mol. The number of nitrogens with zero attached hydrogens (tertiary/aromatic N) is 8. The van der Waals surface area contributed by atoms with E-state index in [2.05, 4.69) is 42.2 Å². The molecule has 0 aromatic carbocycles. The first-order valence-corrected chi connectivity index (χ1v) is 16.6. The molecule has 1 amide bonds. The molecule has 1 fully saturated rings. The van der Waals surface area contributed by atoms with Crippen molar-refractivity contribution in [3.8, 4) is 0 Å². The van der Waals surface area contributed by atoms with Gasteiger partial charge in [-0.2, -0.15) is 4.99 Å². The first-order valence-electron chi connectivity index (χ1n) is 11.3. The lowest BCUT2D eigenvalue weighted by Crippen LogP contribution is -2.48. The van der Waals surface area contributed by atoms with E-state index in [-0.39, 0.29) is 31.4 Å². The van der Waals surface area contributed by atoms with Crippen molar-refractivity contribution in [3.63, 3.8) is 0 Å². The Labute approximate surface area is 229 Å². The van der Waals surface area contributed by atoms with Gasteiger partial charge in [0.15, 0.2) is 24.1 Å². The van der Waals surface area contributed by atoms with Crippen LogP contribution in [0.2, 0.25) is 0 Å². The topological polar surface area (TPSA) is 184 Å². The van der Waals surface area contributed by atoms with Crippen LogP contribution < -0.4 is 0 Å². The molecular formula is C18H19FN8O8P2S2. The summed E-state index contributed by atoms with van der Waals surface area (Å²) in [5, 5.41) is 0. The highest BCUT2D eigenvalue weighted by Crippen LogP contribution is 2.54. The van der Waals surface area contributed by atoms with Crippen LogP contribution in [0.1, 0.15) is 5.82 Å². The van der Waals surface area contributed by atoms with Crippen molar-refractivity contribution in [2.24, 2.45) is 15.0 Å². The van der Waals surface area contributed by atoms with Crippen LogP contribution in [-0.4, -0.2) is 97.6 Å². The van der Waals surface area contributed by atoms with Crippen molar-refractivity contribution in [2.45, 2.75) is 43.8 Å². The van der Waals surface area contributed by atoms with Crippen molar-refractivity contribution < 1.29 is 41.5 Å². The Balaban J connectivity index is 1.33. The van der Waals surface area contributed by atoms with Gasteiger partial charge in [0.25, 0.3) is 5.91 Å². The molecule has 6 rings (SSSR count). The maximum Gasteiger partial charge on any atom is 0.386 e. The minimum absolute atomic E-state index is 0.102. The first-order chi connectivity index (χ1) is 18.6. The van der Waals surface area contributed by atoms with E-state index in [0.717, 1.165) is 6.34 Å². The molecular weight excluding hydrogens is 601 g/mol. The molecule has 3 unspecified atom stereocenters. The van der Waals surface area contributed by atoms with Crippen LogP contribution in [0.3, 0.4) is 0 Å². The second-order valence-corrected chi connectivity index (χ2v) is 14.2. The Hall–Kier alpha value is -2.05. The van der Waals surface area contributed by atoms with E-state index < -0.39 is 56.7 Å². The van der Waals surface area contributed by atoms with Crippen LogP contribution >= 0.6 is 25.8 Å². The number of fused-ring (bicyclic) bond motifs is 6. The smallest absolute Gasteiger partial charge is 0.346 e. The van der Waals surface area contributed by atoms with E-state index in [1.165, 1.54) is 23.8 Å². The number of amides is 1. The fourth-order valence-corrected chi connectivity index (χ4v) is 6.83. The molecule has 16 nitrogen and oxygen atoms in total. The number of amidine groups is 1. The zero-order chi connectivity index (χ0) is 27.4. The maximum absolute atomic E-state index is 15.7. The largest absolute Gasteiger partial charge is 0.386 e. The quantitative estimate of drug-likeness (QED) is 0.337. The number of aromatic nitrogens is 4. The maximum atomic E-state index is 15.7. The zero-order valence-electron chi connectivity index (χ0n) is 19.5. The summed E-state index contributed by atoms with van der Waals surface area (Å²) in [6, 6.07) is -1.04. The lowest BCUT2D eigenvalue weighted by atomic mass is 10.1. The number of carbonyl (C=O) groups excluding carboxylic acids is 1. The number of halogens is 1. The van der Waals surface area contributed by atoms with Gasteiger partial charge in [-0.25, -0.2) is 28.9 Å². The van der Waals surface area contributed by atoms with Gasteiger partial charge in [0.2, 0.25) is 0 Å². The number of hydrogen-bond donors (Lipinski definition) is 2. The SMILES string of the molecule is O=C1N=CN=C2C1N=CN2[C@H]1O[C@@H]2COP(=O)(S)OCCn3c(nc4cncnc43)COP(O)(=S)O[C@@H]1[C@@H]2F. The molecule has 4 aliphatic heterocycles. The Morgan fingerprint density at radius 1 is 1.28 bits per heavy atom. The molecule has 208 valence electrons. The summed E-state index contributed by atoms with van der Waals surface area (Å²) in [6.07, 6.45) is -1.14. The Morgan fingerprint density at radius 3 is 2.97 bits per heavy atom. The number of rotatable bonds is 1. The molecule has 2 aromatic rings. The number of carbonyl (C=O) groups is 1. The van der Waals surface area contributed by atoms with E-state index in [1.807, 2.05) is 0 Å². The van der Waals surface area contributed by atoms with E-state index >= 15 is 4.39 Å². The highest BCUT2D eigenvalue weighted by Gasteiger charge is 2.54. The Bertz CT molecular complexity index is 1510. The van der Waals surface area contributed by atoms with Gasteiger partial charge >= 0.3 is 13.5 Å². The van der Waals surface area contributed by atoms with E-state index in [4.69, 9.17) is 34.6 Å². The minimum atomic E-state index is -4.13. The molecule has 0 saturated carbocycles. The fourth-order valence-electron chi connectivity index (χ4n) is 4.34. The van der Waals surface area contributed by atoms with Crippen LogP contribution in [0, 0.1) is 0 Å². The molecule has 2 bridgehead atoms. The number of ether oxygens (including phenoxy) is 1. The van der Waals surface area contributed by atoms with Gasteiger partial charge in [-0.1, -0.05) is 12.2 Å². The predicted octanol–water partition coefficient (Wildman–Crippen LogP) is 0.772. The number of thiol groups is 1. The molecule has 0 radical (unpaired) electrons. The Kier molecular flexibility index (Phi) is 7.24. The molecule has 2 aromatic heterocycles. The second-order valence-electron chi connectivity index (χ2n) is 8.47. The summed E-state index contributed by atoms with van der Waals surface area (Å²) in [7, 11) is 0. The van der Waals surface area contributed by atoms with Gasteiger partial charge in [-0.05, 0) is 11.8 Å². The van der Waals surface area contributed by atoms with Crippen molar-refractivity contribution in [1.29, 1.82) is 0 Å². The molecule has 1 saturated heterocycles. The van der Waals surface area contributed by atoms with Gasteiger partial charge in [0.05, 0.1) is 25.7 Å². The van der Waals surface area contributed by atoms with Gasteiger partial charge < -0.3 is 18.7 Å². The normalized spacial score (nSPS) is 37.3. The predicted molar refractivity (Wildman–Crippen MR) is 139 cm³/mol. The third-order valence-corrected chi connectivity index (χ3v) is 9.29. The van der Waals surface area contributed by atoms with Gasteiger partial charge in [-0.15, -0.1) is 0 Å². The molecule has 6 heterocycles. The third-order valence-electron chi connectivity index (χ3n) is 6.07. The first kappa shape index (κ1) is 27.1. The monoisotopic (exact) mass is 620 g/mol. The highest BCUT2D eigenvalue weighted by atomic mass is 32.7. The fraction of sp³-hybridized carbons (Fsp3) is 0.500. The van der Waals surface area contributed by atoms with Crippen molar-refractivity contribution >= 4 is 73.2 Å².